The number of hydrogen-bond donors (Lipinski definition) is 0. The Balaban J connectivity index is 1.76. The number of aromatic nitrogens is 2. The van der Waals surface area contributed by atoms with E-state index in [1.54, 1.807) is 37.4 Å². The smallest absolute Gasteiger partial charge is 0.271 e. The van der Waals surface area contributed by atoms with Crippen molar-refractivity contribution in [3.8, 4) is 11.4 Å². The van der Waals surface area contributed by atoms with Gasteiger partial charge in [-0.15, -0.1) is 0 Å². The predicted octanol–water partition coefficient (Wildman–Crippen LogP) is 5.57. The fourth-order valence-corrected chi connectivity index (χ4v) is 4.20. The van der Waals surface area contributed by atoms with Gasteiger partial charge in [0.2, 0.25) is 0 Å². The molecule has 0 fully saturated rings. The number of non-ortho nitro benzene ring substituents is 1. The van der Waals surface area contributed by atoms with Crippen LogP contribution in [0.15, 0.2) is 71.9 Å². The number of methoxy groups -OCH3 is 1. The van der Waals surface area contributed by atoms with Crippen molar-refractivity contribution in [2.24, 2.45) is 0 Å². The SMILES string of the molecule is COc1ccccc1-n1c(SCC(=O)c2ccc(Cl)cc2)nc2cc([N+](=O)[O-])ccc21. The largest absolute Gasteiger partial charge is 0.495 e. The Morgan fingerprint density at radius 3 is 2.61 bits per heavy atom. The molecule has 0 N–H and O–H groups in total. The van der Waals surface area contributed by atoms with Crippen LogP contribution in [0.5, 0.6) is 5.75 Å². The molecule has 0 atom stereocenters. The molecule has 1 heterocycles. The predicted molar refractivity (Wildman–Crippen MR) is 121 cm³/mol. The highest BCUT2D eigenvalue weighted by Gasteiger charge is 2.19. The average Bonchev–Trinajstić information content (AvgIpc) is 3.15. The van der Waals surface area contributed by atoms with Crippen molar-refractivity contribution in [3.05, 3.63) is 87.4 Å². The molecule has 0 saturated heterocycles. The van der Waals surface area contributed by atoms with E-state index in [9.17, 15) is 14.9 Å². The number of fused-ring (bicyclic) bond motifs is 1. The highest BCUT2D eigenvalue weighted by atomic mass is 35.5. The number of Topliss-reactive ketones (excluding diaryl/α,β-unsaturated/α-hetero) is 1. The maximum Gasteiger partial charge on any atom is 0.271 e. The summed E-state index contributed by atoms with van der Waals surface area (Å²) in [5.74, 6) is 0.680. The molecule has 0 aliphatic carbocycles. The van der Waals surface area contributed by atoms with E-state index in [2.05, 4.69) is 4.98 Å². The molecule has 0 spiro atoms. The average molecular weight is 454 g/mol. The van der Waals surface area contributed by atoms with Crippen molar-refractivity contribution in [1.29, 1.82) is 0 Å². The van der Waals surface area contributed by atoms with Gasteiger partial charge in [-0.25, -0.2) is 4.98 Å². The Morgan fingerprint density at radius 1 is 1.16 bits per heavy atom. The Morgan fingerprint density at radius 2 is 1.90 bits per heavy atom. The van der Waals surface area contributed by atoms with E-state index in [4.69, 9.17) is 16.3 Å². The van der Waals surface area contributed by atoms with Crippen molar-refractivity contribution in [2.75, 3.05) is 12.9 Å². The first-order chi connectivity index (χ1) is 15.0. The highest BCUT2D eigenvalue weighted by molar-refractivity contribution is 7.99. The quantitative estimate of drug-likeness (QED) is 0.157. The second-order valence-corrected chi connectivity index (χ2v) is 7.93. The van der Waals surface area contributed by atoms with Crippen LogP contribution in [0.3, 0.4) is 0 Å². The monoisotopic (exact) mass is 453 g/mol. The molecule has 0 bridgehead atoms. The fourth-order valence-electron chi connectivity index (χ4n) is 3.15. The number of carbonyl (C=O) groups excluding carboxylic acids is 1. The fraction of sp³-hybridized carbons (Fsp3) is 0.0909. The van der Waals surface area contributed by atoms with Gasteiger partial charge < -0.3 is 4.74 Å². The lowest BCUT2D eigenvalue weighted by atomic mass is 10.1. The molecule has 7 nitrogen and oxygen atoms in total. The van der Waals surface area contributed by atoms with Gasteiger partial charge in [-0.1, -0.05) is 35.5 Å². The van der Waals surface area contributed by atoms with Crippen LogP contribution >= 0.6 is 23.4 Å². The minimum absolute atomic E-state index is 0.0500. The number of carbonyl (C=O) groups is 1. The summed E-state index contributed by atoms with van der Waals surface area (Å²) in [6, 6.07) is 18.6. The van der Waals surface area contributed by atoms with Gasteiger partial charge in [0.15, 0.2) is 10.9 Å². The summed E-state index contributed by atoms with van der Waals surface area (Å²) >= 11 is 7.15. The van der Waals surface area contributed by atoms with Crippen LogP contribution in [0, 0.1) is 10.1 Å². The van der Waals surface area contributed by atoms with Crippen molar-refractivity contribution in [1.82, 2.24) is 9.55 Å². The normalized spacial score (nSPS) is 10.9. The van der Waals surface area contributed by atoms with Crippen LogP contribution in [0.4, 0.5) is 5.69 Å². The minimum atomic E-state index is -0.460. The number of ether oxygens (including phenoxy) is 1. The van der Waals surface area contributed by atoms with E-state index < -0.39 is 4.92 Å². The number of hydrogen-bond acceptors (Lipinski definition) is 6. The van der Waals surface area contributed by atoms with Gasteiger partial charge in [-0.2, -0.15) is 0 Å². The molecular formula is C22H16ClN3O4S. The van der Waals surface area contributed by atoms with E-state index in [1.807, 2.05) is 28.8 Å². The van der Waals surface area contributed by atoms with Crippen LogP contribution in [-0.2, 0) is 0 Å². The van der Waals surface area contributed by atoms with Gasteiger partial charge in [0, 0.05) is 22.7 Å². The lowest BCUT2D eigenvalue weighted by Crippen LogP contribution is -2.05. The van der Waals surface area contributed by atoms with E-state index >= 15 is 0 Å². The summed E-state index contributed by atoms with van der Waals surface area (Å²) in [5, 5.41) is 12.3. The van der Waals surface area contributed by atoms with E-state index in [0.29, 0.717) is 32.5 Å². The molecule has 4 rings (SSSR count). The number of thioether (sulfide) groups is 1. The van der Waals surface area contributed by atoms with Gasteiger partial charge in [0.1, 0.15) is 5.75 Å². The molecule has 31 heavy (non-hydrogen) atoms. The lowest BCUT2D eigenvalue weighted by molar-refractivity contribution is -0.384. The molecule has 0 amide bonds. The Labute approximate surface area is 186 Å². The number of nitro benzene ring substituents is 1. The number of para-hydroxylation sites is 2. The Hall–Kier alpha value is -3.36. The number of halogens is 1. The summed E-state index contributed by atoms with van der Waals surface area (Å²) < 4.78 is 7.34. The van der Waals surface area contributed by atoms with Crippen LogP contribution in [0.1, 0.15) is 10.4 Å². The van der Waals surface area contributed by atoms with Crippen LogP contribution in [-0.4, -0.2) is 33.1 Å². The summed E-state index contributed by atoms with van der Waals surface area (Å²) in [6.07, 6.45) is 0. The summed E-state index contributed by atoms with van der Waals surface area (Å²) in [4.78, 5) is 28.0. The van der Waals surface area contributed by atoms with Crippen molar-refractivity contribution in [2.45, 2.75) is 5.16 Å². The number of rotatable bonds is 7. The van der Waals surface area contributed by atoms with Gasteiger partial charge >= 0.3 is 0 Å². The number of ketones is 1. The van der Waals surface area contributed by atoms with Gasteiger partial charge in [-0.05, 0) is 42.5 Å². The number of nitro groups is 1. The first-order valence-corrected chi connectivity index (χ1v) is 10.6. The molecule has 156 valence electrons. The van der Waals surface area contributed by atoms with Gasteiger partial charge in [0.05, 0.1) is 34.5 Å². The highest BCUT2D eigenvalue weighted by Crippen LogP contribution is 2.34. The molecule has 0 aliphatic heterocycles. The number of imidazole rings is 1. The lowest BCUT2D eigenvalue weighted by Gasteiger charge is -2.12. The van der Waals surface area contributed by atoms with E-state index in [1.165, 1.54) is 23.9 Å². The molecule has 3 aromatic carbocycles. The van der Waals surface area contributed by atoms with E-state index in [0.717, 1.165) is 5.69 Å². The van der Waals surface area contributed by atoms with Crippen molar-refractivity contribution >= 4 is 45.9 Å². The molecule has 9 heteroatoms. The third-order valence-electron chi connectivity index (χ3n) is 4.64. The first kappa shape index (κ1) is 20.9. The summed E-state index contributed by atoms with van der Waals surface area (Å²) in [7, 11) is 1.57. The maximum absolute atomic E-state index is 12.6. The molecule has 1 aromatic heterocycles. The van der Waals surface area contributed by atoms with Crippen LogP contribution in [0.25, 0.3) is 16.7 Å². The number of nitrogens with zero attached hydrogens (tertiary/aromatic N) is 3. The van der Waals surface area contributed by atoms with Crippen molar-refractivity contribution < 1.29 is 14.5 Å². The first-order valence-electron chi connectivity index (χ1n) is 9.20. The zero-order chi connectivity index (χ0) is 22.0. The maximum atomic E-state index is 12.6. The van der Waals surface area contributed by atoms with Crippen LogP contribution < -0.4 is 4.74 Å². The second-order valence-electron chi connectivity index (χ2n) is 6.55. The van der Waals surface area contributed by atoms with E-state index in [-0.39, 0.29) is 17.2 Å². The molecule has 0 radical (unpaired) electrons. The second kappa shape index (κ2) is 8.79. The summed E-state index contributed by atoms with van der Waals surface area (Å²) in [6.45, 7) is 0. The number of benzene rings is 3. The molecule has 0 saturated carbocycles. The van der Waals surface area contributed by atoms with Crippen LogP contribution in [0.2, 0.25) is 5.02 Å². The molecule has 4 aromatic rings. The topological polar surface area (TPSA) is 87.3 Å². The molecular weight excluding hydrogens is 438 g/mol. The Bertz CT molecular complexity index is 1290. The molecule has 0 unspecified atom stereocenters. The standard InChI is InChI=1S/C22H16ClN3O4S/c1-30-21-5-3-2-4-19(21)25-18-11-10-16(26(28)29)12-17(18)24-22(25)31-13-20(27)14-6-8-15(23)9-7-14/h2-12H,13H2,1H3. The third kappa shape index (κ3) is 4.26. The summed E-state index contributed by atoms with van der Waals surface area (Å²) in [5.41, 5.74) is 2.36. The van der Waals surface area contributed by atoms with Gasteiger partial charge in [0.25, 0.3) is 5.69 Å². The molecule has 0 aliphatic rings. The Kier molecular flexibility index (Phi) is 5.92. The van der Waals surface area contributed by atoms with Gasteiger partial charge in [-0.3, -0.25) is 19.5 Å². The minimum Gasteiger partial charge on any atom is -0.495 e. The van der Waals surface area contributed by atoms with Crippen molar-refractivity contribution in [3.63, 3.8) is 0 Å². The zero-order valence-electron chi connectivity index (χ0n) is 16.3. The third-order valence-corrected chi connectivity index (χ3v) is 5.83. The zero-order valence-corrected chi connectivity index (χ0v) is 17.9.